The van der Waals surface area contributed by atoms with Crippen LogP contribution in [0, 0.1) is 5.92 Å². The average molecular weight is 270 g/mol. The van der Waals surface area contributed by atoms with E-state index in [0.29, 0.717) is 24.4 Å². The van der Waals surface area contributed by atoms with Gasteiger partial charge in [0.2, 0.25) is 0 Å². The molecule has 0 aromatic carbocycles. The summed E-state index contributed by atoms with van der Waals surface area (Å²) < 4.78 is 4.74. The molecule has 1 fully saturated rings. The van der Waals surface area contributed by atoms with Crippen LogP contribution < -0.4 is 5.32 Å². The summed E-state index contributed by atoms with van der Waals surface area (Å²) in [5.74, 6) is 0.518. The summed E-state index contributed by atoms with van der Waals surface area (Å²) >= 11 is 0. The minimum Gasteiger partial charge on any atom is -0.469 e. The molecular weight excluding hydrogens is 240 g/mol. The summed E-state index contributed by atoms with van der Waals surface area (Å²) in [6.07, 6.45) is 3.85. The second-order valence-corrected chi connectivity index (χ2v) is 5.92. The number of likely N-dealkylation sites (tertiary alicyclic amines) is 1. The van der Waals surface area contributed by atoms with E-state index >= 15 is 0 Å². The number of methoxy groups -OCH3 is 1. The predicted molar refractivity (Wildman–Crippen MR) is 78.1 cm³/mol. The molecule has 1 aliphatic heterocycles. The maximum Gasteiger partial charge on any atom is 0.305 e. The Kier molecular flexibility index (Phi) is 7.39. The number of rotatable bonds is 7. The van der Waals surface area contributed by atoms with Crippen LogP contribution in [0.1, 0.15) is 46.5 Å². The van der Waals surface area contributed by atoms with Crippen molar-refractivity contribution in [2.24, 2.45) is 5.92 Å². The third-order valence-corrected chi connectivity index (χ3v) is 3.96. The Morgan fingerprint density at radius 2 is 2.16 bits per heavy atom. The summed E-state index contributed by atoms with van der Waals surface area (Å²) in [4.78, 5) is 13.8. The molecular formula is C15H30N2O2. The Hall–Kier alpha value is -0.610. The number of hydrogen-bond donors (Lipinski definition) is 1. The first-order valence-corrected chi connectivity index (χ1v) is 7.61. The van der Waals surface area contributed by atoms with Crippen molar-refractivity contribution in [2.75, 3.05) is 26.7 Å². The van der Waals surface area contributed by atoms with Crippen molar-refractivity contribution in [3.05, 3.63) is 0 Å². The van der Waals surface area contributed by atoms with Crippen molar-refractivity contribution in [3.63, 3.8) is 0 Å². The molecule has 1 N–H and O–H groups in total. The zero-order valence-electron chi connectivity index (χ0n) is 12.9. The van der Waals surface area contributed by atoms with Crippen LogP contribution in [0.2, 0.25) is 0 Å². The number of esters is 1. The highest BCUT2D eigenvalue weighted by Gasteiger charge is 2.28. The first-order chi connectivity index (χ1) is 9.06. The molecule has 0 amide bonds. The third-order valence-electron chi connectivity index (χ3n) is 3.96. The summed E-state index contributed by atoms with van der Waals surface area (Å²) in [5.41, 5.74) is 0. The molecule has 112 valence electrons. The van der Waals surface area contributed by atoms with Gasteiger partial charge < -0.3 is 10.1 Å². The molecule has 1 aliphatic rings. The third kappa shape index (κ3) is 5.91. The molecule has 0 spiro atoms. The van der Waals surface area contributed by atoms with E-state index in [1.165, 1.54) is 20.0 Å². The quantitative estimate of drug-likeness (QED) is 0.719. The van der Waals surface area contributed by atoms with Crippen molar-refractivity contribution in [3.8, 4) is 0 Å². The van der Waals surface area contributed by atoms with E-state index in [1.807, 2.05) is 0 Å². The van der Waals surface area contributed by atoms with Crippen molar-refractivity contribution in [1.29, 1.82) is 0 Å². The zero-order valence-corrected chi connectivity index (χ0v) is 12.9. The Balaban J connectivity index is 2.47. The molecule has 0 radical (unpaired) electrons. The van der Waals surface area contributed by atoms with Gasteiger partial charge in [0.25, 0.3) is 0 Å². The highest BCUT2D eigenvalue weighted by Crippen LogP contribution is 2.23. The fraction of sp³-hybridized carbons (Fsp3) is 0.933. The molecule has 0 saturated carbocycles. The summed E-state index contributed by atoms with van der Waals surface area (Å²) in [6, 6.07) is 1.14. The van der Waals surface area contributed by atoms with Crippen LogP contribution in [0.4, 0.5) is 0 Å². The lowest BCUT2D eigenvalue weighted by Gasteiger charge is -2.40. The minimum atomic E-state index is -0.0836. The van der Waals surface area contributed by atoms with Gasteiger partial charge in [-0.2, -0.15) is 0 Å². The lowest BCUT2D eigenvalue weighted by atomic mass is 9.89. The monoisotopic (exact) mass is 270 g/mol. The topological polar surface area (TPSA) is 41.6 Å². The summed E-state index contributed by atoms with van der Waals surface area (Å²) in [7, 11) is 1.47. The largest absolute Gasteiger partial charge is 0.469 e. The van der Waals surface area contributed by atoms with Gasteiger partial charge in [0.15, 0.2) is 0 Å². The van der Waals surface area contributed by atoms with Crippen LogP contribution in [0.5, 0.6) is 0 Å². The van der Waals surface area contributed by atoms with Gasteiger partial charge in [-0.3, -0.25) is 9.69 Å². The maximum absolute atomic E-state index is 11.3. The molecule has 0 aromatic heterocycles. The van der Waals surface area contributed by atoms with Crippen LogP contribution >= 0.6 is 0 Å². The minimum absolute atomic E-state index is 0.0836. The molecule has 4 heteroatoms. The van der Waals surface area contributed by atoms with Gasteiger partial charge in [-0.1, -0.05) is 6.92 Å². The molecule has 1 heterocycles. The van der Waals surface area contributed by atoms with Crippen LogP contribution in [0.25, 0.3) is 0 Å². The predicted octanol–water partition coefficient (Wildman–Crippen LogP) is 2.04. The molecule has 1 rings (SSSR count). The number of nitrogens with zero attached hydrogens (tertiary/aromatic N) is 1. The molecule has 2 unspecified atom stereocenters. The van der Waals surface area contributed by atoms with E-state index in [4.69, 9.17) is 4.74 Å². The molecule has 2 atom stereocenters. The Morgan fingerprint density at radius 1 is 1.42 bits per heavy atom. The van der Waals surface area contributed by atoms with Crippen LogP contribution in [-0.4, -0.2) is 49.7 Å². The smallest absolute Gasteiger partial charge is 0.305 e. The zero-order chi connectivity index (χ0) is 14.3. The van der Waals surface area contributed by atoms with Crippen molar-refractivity contribution >= 4 is 5.97 Å². The molecule has 19 heavy (non-hydrogen) atoms. The normalized spacial score (nSPS) is 24.7. The lowest BCUT2D eigenvalue weighted by Crippen LogP contribution is -2.51. The van der Waals surface area contributed by atoms with Gasteiger partial charge in [0, 0.05) is 31.6 Å². The number of hydrogen-bond acceptors (Lipinski definition) is 4. The fourth-order valence-corrected chi connectivity index (χ4v) is 2.79. The van der Waals surface area contributed by atoms with E-state index in [2.05, 4.69) is 31.0 Å². The van der Waals surface area contributed by atoms with Crippen LogP contribution in [0.3, 0.4) is 0 Å². The van der Waals surface area contributed by atoms with Gasteiger partial charge in [0.05, 0.1) is 7.11 Å². The van der Waals surface area contributed by atoms with E-state index in [9.17, 15) is 4.79 Å². The van der Waals surface area contributed by atoms with E-state index in [1.54, 1.807) is 0 Å². The van der Waals surface area contributed by atoms with E-state index < -0.39 is 0 Å². The van der Waals surface area contributed by atoms with E-state index in [-0.39, 0.29) is 5.97 Å². The maximum atomic E-state index is 11.3. The van der Waals surface area contributed by atoms with Crippen molar-refractivity contribution in [1.82, 2.24) is 10.2 Å². The molecule has 0 aromatic rings. The van der Waals surface area contributed by atoms with Crippen molar-refractivity contribution in [2.45, 2.75) is 58.5 Å². The van der Waals surface area contributed by atoms with Gasteiger partial charge in [0.1, 0.15) is 0 Å². The highest BCUT2D eigenvalue weighted by atomic mass is 16.5. The Morgan fingerprint density at radius 3 is 2.74 bits per heavy atom. The van der Waals surface area contributed by atoms with Crippen LogP contribution in [-0.2, 0) is 9.53 Å². The molecule has 4 nitrogen and oxygen atoms in total. The van der Waals surface area contributed by atoms with Crippen molar-refractivity contribution < 1.29 is 9.53 Å². The number of carbonyl (C=O) groups is 1. The average Bonchev–Trinajstić information content (AvgIpc) is 2.42. The molecule has 1 saturated heterocycles. The number of carbonyl (C=O) groups excluding carboxylic acids is 1. The van der Waals surface area contributed by atoms with Gasteiger partial charge in [-0.15, -0.1) is 0 Å². The first kappa shape index (κ1) is 16.4. The summed E-state index contributed by atoms with van der Waals surface area (Å²) in [6.45, 7) is 10.0. The van der Waals surface area contributed by atoms with Gasteiger partial charge >= 0.3 is 5.97 Å². The summed E-state index contributed by atoms with van der Waals surface area (Å²) in [5, 5.41) is 3.63. The molecule has 0 bridgehead atoms. The van der Waals surface area contributed by atoms with Crippen LogP contribution in [0.15, 0.2) is 0 Å². The Labute approximate surface area is 117 Å². The number of piperidine rings is 1. The second kappa shape index (κ2) is 8.54. The fourth-order valence-electron chi connectivity index (χ4n) is 2.79. The standard InChI is InChI=1S/C15H30N2O2/c1-5-8-16-14-9-13(6-7-15(18)19-4)10-17(11-14)12(2)3/h12-14,16H,5-11H2,1-4H3. The SMILES string of the molecule is CCCNC1CC(CCC(=O)OC)CN(C(C)C)C1. The number of nitrogens with one attached hydrogen (secondary N) is 1. The van der Waals surface area contributed by atoms with E-state index in [0.717, 1.165) is 26.1 Å². The highest BCUT2D eigenvalue weighted by molar-refractivity contribution is 5.69. The first-order valence-electron chi connectivity index (χ1n) is 7.61. The van der Waals surface area contributed by atoms with Gasteiger partial charge in [-0.25, -0.2) is 0 Å². The second-order valence-electron chi connectivity index (χ2n) is 5.92. The Bertz CT molecular complexity index is 269. The molecule has 0 aliphatic carbocycles. The number of ether oxygens (including phenoxy) is 1. The van der Waals surface area contributed by atoms with Gasteiger partial charge in [-0.05, 0) is 45.6 Å². The lowest BCUT2D eigenvalue weighted by molar-refractivity contribution is -0.141.